The molecule has 1 aromatic carbocycles. The van der Waals surface area contributed by atoms with Crippen molar-refractivity contribution in [2.75, 3.05) is 0 Å². The average molecular weight is 283 g/mol. The van der Waals surface area contributed by atoms with Crippen molar-refractivity contribution in [2.24, 2.45) is 5.92 Å². The summed E-state index contributed by atoms with van der Waals surface area (Å²) in [5.74, 6) is 1.15. The fourth-order valence-electron chi connectivity index (χ4n) is 2.62. The van der Waals surface area contributed by atoms with Gasteiger partial charge in [-0.15, -0.1) is 11.6 Å². The molecule has 0 amide bonds. The van der Waals surface area contributed by atoms with Gasteiger partial charge in [-0.2, -0.15) is 0 Å². The van der Waals surface area contributed by atoms with Gasteiger partial charge in [0.2, 0.25) is 0 Å². The van der Waals surface area contributed by atoms with E-state index < -0.39 is 0 Å². The first kappa shape index (κ1) is 14.3. The first-order valence-corrected chi connectivity index (χ1v) is 7.15. The number of alkyl halides is 1. The van der Waals surface area contributed by atoms with E-state index in [2.05, 4.69) is 30.3 Å². The van der Waals surface area contributed by atoms with Crippen LogP contribution in [0.3, 0.4) is 0 Å². The smallest absolute Gasteiger partial charge is 0.127 e. The van der Waals surface area contributed by atoms with E-state index >= 15 is 0 Å². The molecule has 19 heavy (non-hydrogen) atoms. The minimum absolute atomic E-state index is 0.190. The number of fused-ring (bicyclic) bond motifs is 1. The van der Waals surface area contributed by atoms with Gasteiger partial charge < -0.3 is 4.57 Å². The predicted molar refractivity (Wildman–Crippen MR) is 78.1 cm³/mol. The Labute approximate surface area is 118 Å². The van der Waals surface area contributed by atoms with Crippen LogP contribution in [0.1, 0.15) is 51.4 Å². The van der Waals surface area contributed by atoms with Gasteiger partial charge in [0, 0.05) is 6.04 Å². The molecule has 2 rings (SSSR count). The predicted octanol–water partition coefficient (Wildman–Crippen LogP) is 5.08. The van der Waals surface area contributed by atoms with E-state index in [-0.39, 0.29) is 17.2 Å². The Morgan fingerprint density at radius 1 is 1.26 bits per heavy atom. The van der Waals surface area contributed by atoms with Gasteiger partial charge in [-0.05, 0) is 44.4 Å². The lowest BCUT2D eigenvalue weighted by Gasteiger charge is -2.20. The third-order valence-electron chi connectivity index (χ3n) is 3.29. The summed E-state index contributed by atoms with van der Waals surface area (Å²) in [7, 11) is 0. The minimum Gasteiger partial charge on any atom is -0.324 e. The Hall–Kier alpha value is -1.09. The molecule has 0 aliphatic rings. The first-order valence-electron chi connectivity index (χ1n) is 6.71. The van der Waals surface area contributed by atoms with Crippen molar-refractivity contribution in [3.8, 4) is 0 Å². The maximum atomic E-state index is 13.5. The zero-order valence-corrected chi connectivity index (χ0v) is 12.6. The minimum atomic E-state index is -0.237. The Morgan fingerprint density at radius 3 is 2.53 bits per heavy atom. The summed E-state index contributed by atoms with van der Waals surface area (Å²) >= 11 is 6.22. The highest BCUT2D eigenvalue weighted by atomic mass is 35.5. The zero-order chi connectivity index (χ0) is 14.2. The van der Waals surface area contributed by atoms with E-state index in [4.69, 9.17) is 11.6 Å². The number of benzene rings is 1. The lowest BCUT2D eigenvalue weighted by atomic mass is 10.0. The van der Waals surface area contributed by atoms with Crippen molar-refractivity contribution in [1.29, 1.82) is 0 Å². The molecule has 0 saturated carbocycles. The molecule has 2 atom stereocenters. The van der Waals surface area contributed by atoms with Crippen LogP contribution in [0, 0.1) is 11.7 Å². The third kappa shape index (κ3) is 2.92. The molecule has 0 spiro atoms. The third-order valence-corrected chi connectivity index (χ3v) is 3.48. The largest absolute Gasteiger partial charge is 0.324 e. The molecule has 1 aromatic heterocycles. The lowest BCUT2D eigenvalue weighted by molar-refractivity contribution is 0.425. The van der Waals surface area contributed by atoms with Crippen LogP contribution < -0.4 is 0 Å². The number of aromatic nitrogens is 2. The van der Waals surface area contributed by atoms with Gasteiger partial charge in [0.25, 0.3) is 0 Å². The maximum Gasteiger partial charge on any atom is 0.127 e. The van der Waals surface area contributed by atoms with Crippen molar-refractivity contribution in [3.63, 3.8) is 0 Å². The summed E-state index contributed by atoms with van der Waals surface area (Å²) in [6.45, 7) is 8.40. The van der Waals surface area contributed by atoms with Crippen molar-refractivity contribution in [1.82, 2.24) is 9.55 Å². The average Bonchev–Trinajstić information content (AvgIpc) is 2.66. The molecule has 4 heteroatoms. The Kier molecular flexibility index (Phi) is 4.14. The molecule has 0 N–H and O–H groups in total. The van der Waals surface area contributed by atoms with Gasteiger partial charge in [0.05, 0.1) is 16.4 Å². The van der Waals surface area contributed by atoms with Crippen LogP contribution in [0.5, 0.6) is 0 Å². The van der Waals surface area contributed by atoms with E-state index in [1.807, 2.05) is 6.92 Å². The quantitative estimate of drug-likeness (QED) is 0.715. The zero-order valence-electron chi connectivity index (χ0n) is 11.8. The van der Waals surface area contributed by atoms with Gasteiger partial charge in [0.15, 0.2) is 0 Å². The van der Waals surface area contributed by atoms with E-state index in [9.17, 15) is 4.39 Å². The van der Waals surface area contributed by atoms with Crippen LogP contribution in [-0.2, 0) is 0 Å². The number of halogens is 2. The molecular formula is C15H20ClFN2. The summed E-state index contributed by atoms with van der Waals surface area (Å²) < 4.78 is 15.6. The van der Waals surface area contributed by atoms with Crippen LogP contribution >= 0.6 is 11.6 Å². The molecule has 0 aliphatic heterocycles. The molecule has 0 saturated heterocycles. The molecule has 2 nitrogen and oxygen atoms in total. The van der Waals surface area contributed by atoms with Gasteiger partial charge in [0.1, 0.15) is 11.6 Å². The van der Waals surface area contributed by atoms with Crippen LogP contribution in [0.2, 0.25) is 0 Å². The molecule has 0 bridgehead atoms. The van der Waals surface area contributed by atoms with Gasteiger partial charge in [-0.1, -0.05) is 13.8 Å². The van der Waals surface area contributed by atoms with Crippen LogP contribution in [0.25, 0.3) is 11.0 Å². The first-order chi connectivity index (χ1) is 8.90. The molecule has 2 aromatic rings. The fraction of sp³-hybridized carbons (Fsp3) is 0.533. The number of rotatable bonds is 4. The van der Waals surface area contributed by atoms with Crippen LogP contribution in [0.4, 0.5) is 4.39 Å². The Balaban J connectivity index is 2.59. The van der Waals surface area contributed by atoms with E-state index in [0.717, 1.165) is 23.3 Å². The number of nitrogens with zero attached hydrogens (tertiary/aromatic N) is 2. The Bertz CT molecular complexity index is 575. The van der Waals surface area contributed by atoms with E-state index in [1.54, 1.807) is 12.1 Å². The van der Waals surface area contributed by atoms with Crippen molar-refractivity contribution >= 4 is 22.6 Å². The molecule has 2 unspecified atom stereocenters. The standard InChI is InChI=1S/C15H20ClFN2/c1-9(2)7-10(3)19-14-8-12(17)5-6-13(14)18-15(19)11(4)16/h5-6,8-11H,7H2,1-4H3. The summed E-state index contributed by atoms with van der Waals surface area (Å²) in [6.07, 6.45) is 1.01. The maximum absolute atomic E-state index is 13.5. The summed E-state index contributed by atoms with van der Waals surface area (Å²) in [5.41, 5.74) is 1.63. The summed E-state index contributed by atoms with van der Waals surface area (Å²) in [4.78, 5) is 4.55. The summed E-state index contributed by atoms with van der Waals surface area (Å²) in [5, 5.41) is -0.190. The topological polar surface area (TPSA) is 17.8 Å². The highest BCUT2D eigenvalue weighted by Crippen LogP contribution is 2.30. The van der Waals surface area contributed by atoms with Gasteiger partial charge in [-0.25, -0.2) is 9.37 Å². The number of hydrogen-bond donors (Lipinski definition) is 0. The SMILES string of the molecule is CC(C)CC(C)n1c(C(C)Cl)nc2ccc(F)cc21. The van der Waals surface area contributed by atoms with Crippen molar-refractivity contribution in [3.05, 3.63) is 29.8 Å². The second-order valence-electron chi connectivity index (χ2n) is 5.57. The molecular weight excluding hydrogens is 263 g/mol. The second kappa shape index (κ2) is 5.49. The number of hydrogen-bond acceptors (Lipinski definition) is 1. The monoisotopic (exact) mass is 282 g/mol. The second-order valence-corrected chi connectivity index (χ2v) is 6.22. The summed E-state index contributed by atoms with van der Waals surface area (Å²) in [6, 6.07) is 4.95. The van der Waals surface area contributed by atoms with E-state index in [1.165, 1.54) is 6.07 Å². The van der Waals surface area contributed by atoms with Crippen LogP contribution in [-0.4, -0.2) is 9.55 Å². The van der Waals surface area contributed by atoms with Crippen molar-refractivity contribution in [2.45, 2.75) is 45.5 Å². The molecule has 0 aliphatic carbocycles. The molecule has 104 valence electrons. The van der Waals surface area contributed by atoms with Crippen LogP contribution in [0.15, 0.2) is 18.2 Å². The van der Waals surface area contributed by atoms with Gasteiger partial charge >= 0.3 is 0 Å². The molecule has 0 fully saturated rings. The highest BCUT2D eigenvalue weighted by Gasteiger charge is 2.20. The number of imidazole rings is 1. The highest BCUT2D eigenvalue weighted by molar-refractivity contribution is 6.20. The lowest BCUT2D eigenvalue weighted by Crippen LogP contribution is -2.12. The Morgan fingerprint density at radius 2 is 1.95 bits per heavy atom. The molecule has 0 radical (unpaired) electrons. The van der Waals surface area contributed by atoms with E-state index in [0.29, 0.717) is 5.92 Å². The van der Waals surface area contributed by atoms with Crippen molar-refractivity contribution < 1.29 is 4.39 Å². The normalized spacial score (nSPS) is 15.1. The van der Waals surface area contributed by atoms with Gasteiger partial charge in [-0.3, -0.25) is 0 Å². The molecule has 1 heterocycles. The fourth-order valence-corrected chi connectivity index (χ4v) is 2.77.